The summed E-state index contributed by atoms with van der Waals surface area (Å²) in [5.41, 5.74) is 5.32. The van der Waals surface area contributed by atoms with Crippen LogP contribution in [0.3, 0.4) is 0 Å². The summed E-state index contributed by atoms with van der Waals surface area (Å²) in [5, 5.41) is 3.69. The van der Waals surface area contributed by atoms with Crippen molar-refractivity contribution in [2.45, 2.75) is 57.0 Å². The number of nitrogens with zero attached hydrogens (tertiary/aromatic N) is 1. The minimum atomic E-state index is -0.268. The van der Waals surface area contributed by atoms with Crippen LogP contribution < -0.4 is 11.1 Å². The van der Waals surface area contributed by atoms with Crippen LogP contribution in [-0.4, -0.2) is 36.1 Å². The Morgan fingerprint density at radius 3 is 2.44 bits per heavy atom. The molecule has 0 spiro atoms. The highest BCUT2D eigenvalue weighted by molar-refractivity contribution is 5.72. The number of carbonyl (C=O) groups excluding carboxylic acids is 1. The summed E-state index contributed by atoms with van der Waals surface area (Å²) in [5.74, 6) is 0. The van der Waals surface area contributed by atoms with E-state index < -0.39 is 0 Å². The van der Waals surface area contributed by atoms with Gasteiger partial charge in [0, 0.05) is 25.2 Å². The molecule has 1 aliphatic heterocycles. The average Bonchev–Trinajstić information content (AvgIpc) is 2.30. The number of urea groups is 1. The summed E-state index contributed by atoms with van der Waals surface area (Å²) >= 11 is 0. The Bertz CT molecular complexity index is 238. The maximum absolute atomic E-state index is 11.1. The van der Waals surface area contributed by atoms with Crippen molar-refractivity contribution in [1.29, 1.82) is 0 Å². The molecule has 1 saturated heterocycles. The van der Waals surface area contributed by atoms with Crippen molar-refractivity contribution in [3.8, 4) is 0 Å². The van der Waals surface area contributed by atoms with Gasteiger partial charge in [-0.15, -0.1) is 0 Å². The van der Waals surface area contributed by atoms with Crippen molar-refractivity contribution in [1.82, 2.24) is 10.2 Å². The molecular formula is C12H23N3O. The number of amides is 2. The van der Waals surface area contributed by atoms with Crippen LogP contribution in [0.1, 0.15) is 44.9 Å². The number of nitrogens with one attached hydrogen (secondary N) is 1. The van der Waals surface area contributed by atoms with E-state index in [4.69, 9.17) is 5.73 Å². The molecule has 2 amide bonds. The van der Waals surface area contributed by atoms with Gasteiger partial charge < -0.3 is 16.0 Å². The van der Waals surface area contributed by atoms with Crippen molar-refractivity contribution in [2.24, 2.45) is 5.73 Å². The smallest absolute Gasteiger partial charge is 0.314 e. The maximum atomic E-state index is 11.1. The summed E-state index contributed by atoms with van der Waals surface area (Å²) in [4.78, 5) is 12.9. The molecule has 0 aromatic rings. The lowest BCUT2D eigenvalue weighted by atomic mass is 9.94. The lowest BCUT2D eigenvalue weighted by molar-refractivity contribution is 0.174. The SMILES string of the molecule is NC(=O)N1CCCC(NC2CCCCC2)C1. The molecule has 2 fully saturated rings. The van der Waals surface area contributed by atoms with Gasteiger partial charge >= 0.3 is 6.03 Å². The van der Waals surface area contributed by atoms with E-state index in [0.29, 0.717) is 12.1 Å². The van der Waals surface area contributed by atoms with Crippen LogP contribution in [0.15, 0.2) is 0 Å². The van der Waals surface area contributed by atoms with Gasteiger partial charge in [0.25, 0.3) is 0 Å². The summed E-state index contributed by atoms with van der Waals surface area (Å²) in [7, 11) is 0. The Morgan fingerprint density at radius 1 is 1.06 bits per heavy atom. The second kappa shape index (κ2) is 5.53. The highest BCUT2D eigenvalue weighted by Gasteiger charge is 2.24. The predicted molar refractivity (Wildman–Crippen MR) is 64.2 cm³/mol. The van der Waals surface area contributed by atoms with Crippen LogP contribution in [0.5, 0.6) is 0 Å². The molecule has 0 aromatic heterocycles. The van der Waals surface area contributed by atoms with Gasteiger partial charge in [0.05, 0.1) is 0 Å². The van der Waals surface area contributed by atoms with Gasteiger partial charge in [0.15, 0.2) is 0 Å². The quantitative estimate of drug-likeness (QED) is 0.747. The van der Waals surface area contributed by atoms with Crippen LogP contribution in [0.4, 0.5) is 4.79 Å². The first-order valence-corrected chi connectivity index (χ1v) is 6.56. The van der Waals surface area contributed by atoms with E-state index in [1.807, 2.05) is 0 Å². The molecule has 1 saturated carbocycles. The van der Waals surface area contributed by atoms with Gasteiger partial charge in [-0.05, 0) is 25.7 Å². The zero-order valence-corrected chi connectivity index (χ0v) is 9.95. The third kappa shape index (κ3) is 3.11. The molecular weight excluding hydrogens is 202 g/mol. The molecule has 0 aromatic carbocycles. The molecule has 0 radical (unpaired) electrons. The van der Waals surface area contributed by atoms with Crippen molar-refractivity contribution in [2.75, 3.05) is 13.1 Å². The number of piperidine rings is 1. The highest BCUT2D eigenvalue weighted by atomic mass is 16.2. The normalized spacial score (nSPS) is 28.0. The Kier molecular flexibility index (Phi) is 4.04. The molecule has 1 unspecified atom stereocenters. The van der Waals surface area contributed by atoms with E-state index in [1.165, 1.54) is 38.5 Å². The molecule has 1 aliphatic carbocycles. The van der Waals surface area contributed by atoms with E-state index in [-0.39, 0.29) is 6.03 Å². The van der Waals surface area contributed by atoms with Gasteiger partial charge in [0.2, 0.25) is 0 Å². The number of primary amides is 1. The van der Waals surface area contributed by atoms with Crippen molar-refractivity contribution < 1.29 is 4.79 Å². The van der Waals surface area contributed by atoms with Gasteiger partial charge in [0.1, 0.15) is 0 Å². The second-order valence-electron chi connectivity index (χ2n) is 5.13. The molecule has 16 heavy (non-hydrogen) atoms. The van der Waals surface area contributed by atoms with Gasteiger partial charge in [-0.2, -0.15) is 0 Å². The van der Waals surface area contributed by atoms with Gasteiger partial charge in [-0.25, -0.2) is 4.79 Å². The topological polar surface area (TPSA) is 58.4 Å². The van der Waals surface area contributed by atoms with Crippen LogP contribution in [0.25, 0.3) is 0 Å². The van der Waals surface area contributed by atoms with Crippen molar-refractivity contribution in [3.63, 3.8) is 0 Å². The number of rotatable bonds is 2. The predicted octanol–water partition coefficient (Wildman–Crippen LogP) is 1.45. The zero-order valence-electron chi connectivity index (χ0n) is 9.95. The fraction of sp³-hybridized carbons (Fsp3) is 0.917. The minimum Gasteiger partial charge on any atom is -0.351 e. The first-order valence-electron chi connectivity index (χ1n) is 6.56. The number of likely N-dealkylation sites (tertiary alicyclic amines) is 1. The molecule has 0 bridgehead atoms. The largest absolute Gasteiger partial charge is 0.351 e. The summed E-state index contributed by atoms with van der Waals surface area (Å²) < 4.78 is 0. The average molecular weight is 225 g/mol. The maximum Gasteiger partial charge on any atom is 0.314 e. The number of hydrogen-bond acceptors (Lipinski definition) is 2. The van der Waals surface area contributed by atoms with Crippen LogP contribution in [0.2, 0.25) is 0 Å². The van der Waals surface area contributed by atoms with Crippen LogP contribution in [-0.2, 0) is 0 Å². The molecule has 4 heteroatoms. The molecule has 2 aliphatic rings. The zero-order chi connectivity index (χ0) is 11.4. The number of carbonyl (C=O) groups is 1. The first kappa shape index (κ1) is 11.7. The Balaban J connectivity index is 1.78. The van der Waals surface area contributed by atoms with E-state index in [9.17, 15) is 4.79 Å². The molecule has 4 nitrogen and oxygen atoms in total. The third-order valence-corrected chi connectivity index (χ3v) is 3.81. The summed E-state index contributed by atoms with van der Waals surface area (Å²) in [6, 6.07) is 0.867. The molecule has 92 valence electrons. The van der Waals surface area contributed by atoms with E-state index in [0.717, 1.165) is 19.5 Å². The third-order valence-electron chi connectivity index (χ3n) is 3.81. The first-order chi connectivity index (χ1) is 7.75. The summed E-state index contributed by atoms with van der Waals surface area (Å²) in [6.45, 7) is 1.63. The monoisotopic (exact) mass is 225 g/mol. The van der Waals surface area contributed by atoms with Crippen LogP contribution in [0, 0.1) is 0 Å². The minimum absolute atomic E-state index is 0.268. The van der Waals surface area contributed by atoms with E-state index in [1.54, 1.807) is 4.90 Å². The Hall–Kier alpha value is -0.770. The highest BCUT2D eigenvalue weighted by Crippen LogP contribution is 2.19. The van der Waals surface area contributed by atoms with Crippen molar-refractivity contribution in [3.05, 3.63) is 0 Å². The Labute approximate surface area is 97.6 Å². The van der Waals surface area contributed by atoms with E-state index >= 15 is 0 Å². The standard InChI is InChI=1S/C12H23N3O/c13-12(16)15-8-4-7-11(9-15)14-10-5-2-1-3-6-10/h10-11,14H,1-9H2,(H2,13,16). The van der Waals surface area contributed by atoms with E-state index in [2.05, 4.69) is 5.32 Å². The lowest BCUT2D eigenvalue weighted by Gasteiger charge is -2.35. The fourth-order valence-electron chi connectivity index (χ4n) is 2.92. The molecule has 2 rings (SSSR count). The number of hydrogen-bond donors (Lipinski definition) is 2. The second-order valence-corrected chi connectivity index (χ2v) is 5.13. The molecule has 1 atom stereocenters. The fourth-order valence-corrected chi connectivity index (χ4v) is 2.92. The molecule has 1 heterocycles. The summed E-state index contributed by atoms with van der Waals surface area (Å²) in [6.07, 6.45) is 8.94. The number of nitrogens with two attached hydrogens (primary N) is 1. The molecule has 3 N–H and O–H groups in total. The van der Waals surface area contributed by atoms with Crippen molar-refractivity contribution >= 4 is 6.03 Å². The van der Waals surface area contributed by atoms with Gasteiger partial charge in [-0.3, -0.25) is 0 Å². The Morgan fingerprint density at radius 2 is 1.75 bits per heavy atom. The lowest BCUT2D eigenvalue weighted by Crippen LogP contribution is -2.52. The van der Waals surface area contributed by atoms with Crippen LogP contribution >= 0.6 is 0 Å². The van der Waals surface area contributed by atoms with Gasteiger partial charge in [-0.1, -0.05) is 19.3 Å².